The number of aromatic nitrogens is 1. The first-order valence-corrected chi connectivity index (χ1v) is 9.91. The van der Waals surface area contributed by atoms with E-state index in [1.54, 1.807) is 18.3 Å². The van der Waals surface area contributed by atoms with Crippen molar-refractivity contribution in [3.8, 4) is 11.3 Å². The molecule has 3 heterocycles. The highest BCUT2D eigenvalue weighted by Gasteiger charge is 2.23. The molecule has 0 fully saturated rings. The lowest BCUT2D eigenvalue weighted by Crippen LogP contribution is -2.11. The summed E-state index contributed by atoms with van der Waals surface area (Å²) in [6.07, 6.45) is 3.51. The average molecular weight is 397 g/mol. The molecular weight excluding hydrogens is 380 g/mol. The number of nitrogens with zero attached hydrogens (tertiary/aromatic N) is 2. The number of hydrogen-bond acceptors (Lipinski definition) is 5. The van der Waals surface area contributed by atoms with Crippen LogP contribution in [-0.2, 0) is 4.84 Å². The van der Waals surface area contributed by atoms with Crippen LogP contribution in [-0.4, -0.2) is 22.6 Å². The predicted octanol–water partition coefficient (Wildman–Crippen LogP) is 5.62. The molecule has 6 heteroatoms. The first-order valence-electron chi connectivity index (χ1n) is 8.72. The van der Waals surface area contributed by atoms with E-state index < -0.39 is 0 Å². The molecule has 136 valence electrons. The molecule has 4 nitrogen and oxygen atoms in total. The molecule has 0 saturated heterocycles. The van der Waals surface area contributed by atoms with Crippen molar-refractivity contribution in [3.05, 3.63) is 75.6 Å². The lowest BCUT2D eigenvalue weighted by Gasteiger charge is -2.07. The Kier molecular flexibility index (Phi) is 5.32. The van der Waals surface area contributed by atoms with Crippen LogP contribution in [0.25, 0.3) is 11.3 Å². The van der Waals surface area contributed by atoms with Crippen LogP contribution in [0.5, 0.6) is 0 Å². The summed E-state index contributed by atoms with van der Waals surface area (Å²) >= 11 is 7.20. The molecule has 2 aromatic heterocycles. The highest BCUT2D eigenvalue weighted by Crippen LogP contribution is 2.26. The van der Waals surface area contributed by atoms with Gasteiger partial charge in [0, 0.05) is 24.6 Å². The number of carbonyl (C=O) groups is 1. The Morgan fingerprint density at radius 1 is 1.11 bits per heavy atom. The van der Waals surface area contributed by atoms with Gasteiger partial charge < -0.3 is 4.84 Å². The fourth-order valence-electron chi connectivity index (χ4n) is 3.00. The molecule has 0 bridgehead atoms. The summed E-state index contributed by atoms with van der Waals surface area (Å²) in [6.45, 7) is 0. The maximum Gasteiger partial charge on any atom is 0.172 e. The van der Waals surface area contributed by atoms with Crippen molar-refractivity contribution in [1.82, 2.24) is 4.98 Å². The molecule has 1 atom stereocenters. The summed E-state index contributed by atoms with van der Waals surface area (Å²) in [4.78, 5) is 22.8. The third kappa shape index (κ3) is 4.26. The molecule has 0 N–H and O–H groups in total. The predicted molar refractivity (Wildman–Crippen MR) is 109 cm³/mol. The van der Waals surface area contributed by atoms with Crippen LogP contribution in [0.15, 0.2) is 65.9 Å². The van der Waals surface area contributed by atoms with Crippen molar-refractivity contribution in [1.29, 1.82) is 0 Å². The molecule has 0 amide bonds. The Hall–Kier alpha value is -2.50. The van der Waals surface area contributed by atoms with Gasteiger partial charge in [-0.2, -0.15) is 0 Å². The summed E-state index contributed by atoms with van der Waals surface area (Å²) in [5.74, 6) is 0.101. The molecule has 0 aliphatic carbocycles. The van der Waals surface area contributed by atoms with E-state index in [0.29, 0.717) is 28.5 Å². The van der Waals surface area contributed by atoms with E-state index in [1.165, 1.54) is 11.3 Å². The van der Waals surface area contributed by atoms with Gasteiger partial charge in [0.25, 0.3) is 0 Å². The fourth-order valence-corrected chi connectivity index (χ4v) is 4.01. The van der Waals surface area contributed by atoms with Gasteiger partial charge in [0.05, 0.1) is 20.6 Å². The topological polar surface area (TPSA) is 51.5 Å². The van der Waals surface area contributed by atoms with E-state index >= 15 is 0 Å². The number of halogens is 1. The number of benzene rings is 1. The number of Topliss-reactive ketones (excluding diaryl/α,β-unsaturated/α-hetero) is 1. The van der Waals surface area contributed by atoms with Gasteiger partial charge in [-0.1, -0.05) is 47.1 Å². The molecule has 1 unspecified atom stereocenters. The minimum atomic E-state index is -0.0603. The van der Waals surface area contributed by atoms with Gasteiger partial charge >= 0.3 is 0 Å². The normalized spacial score (nSPS) is 16.0. The van der Waals surface area contributed by atoms with Crippen molar-refractivity contribution in [2.45, 2.75) is 25.4 Å². The van der Waals surface area contributed by atoms with Crippen molar-refractivity contribution in [2.24, 2.45) is 5.16 Å². The summed E-state index contributed by atoms with van der Waals surface area (Å²) < 4.78 is 0.634. The third-order valence-corrected chi connectivity index (χ3v) is 5.73. The van der Waals surface area contributed by atoms with E-state index in [1.807, 2.05) is 42.5 Å². The van der Waals surface area contributed by atoms with E-state index in [0.717, 1.165) is 22.5 Å². The number of rotatable bonds is 6. The average Bonchev–Trinajstić information content (AvgIpc) is 3.36. The van der Waals surface area contributed by atoms with Crippen LogP contribution in [0.3, 0.4) is 0 Å². The first-order chi connectivity index (χ1) is 13.2. The molecule has 0 spiro atoms. The van der Waals surface area contributed by atoms with Crippen LogP contribution < -0.4 is 0 Å². The van der Waals surface area contributed by atoms with Gasteiger partial charge in [0.15, 0.2) is 5.78 Å². The molecule has 3 aromatic rings. The minimum Gasteiger partial charge on any atom is -0.392 e. The lowest BCUT2D eigenvalue weighted by atomic mass is 10.00. The van der Waals surface area contributed by atoms with Crippen molar-refractivity contribution in [2.75, 3.05) is 0 Å². The van der Waals surface area contributed by atoms with E-state index in [-0.39, 0.29) is 11.9 Å². The quantitative estimate of drug-likeness (QED) is 0.508. The first kappa shape index (κ1) is 17.9. The molecule has 1 aliphatic rings. The monoisotopic (exact) mass is 396 g/mol. The van der Waals surface area contributed by atoms with Crippen LogP contribution in [0.4, 0.5) is 0 Å². The van der Waals surface area contributed by atoms with Crippen LogP contribution in [0, 0.1) is 0 Å². The molecule has 0 saturated carbocycles. The number of carbonyl (C=O) groups excluding carboxylic acids is 1. The van der Waals surface area contributed by atoms with Crippen molar-refractivity contribution >= 4 is 34.4 Å². The summed E-state index contributed by atoms with van der Waals surface area (Å²) in [5, 5.41) is 4.22. The second kappa shape index (κ2) is 8.03. The number of hydrogen-bond donors (Lipinski definition) is 0. The molecule has 1 aromatic carbocycles. The van der Waals surface area contributed by atoms with Gasteiger partial charge in [-0.25, -0.2) is 0 Å². The smallest absolute Gasteiger partial charge is 0.172 e. The largest absolute Gasteiger partial charge is 0.392 e. The second-order valence-corrected chi connectivity index (χ2v) is 8.04. The second-order valence-electron chi connectivity index (χ2n) is 6.33. The van der Waals surface area contributed by atoms with E-state index in [2.05, 4.69) is 10.1 Å². The van der Waals surface area contributed by atoms with Crippen molar-refractivity contribution < 1.29 is 9.63 Å². The van der Waals surface area contributed by atoms with Crippen molar-refractivity contribution in [3.63, 3.8) is 0 Å². The molecule has 1 aliphatic heterocycles. The van der Waals surface area contributed by atoms with Gasteiger partial charge in [-0.05, 0) is 36.2 Å². The van der Waals surface area contributed by atoms with Crippen LogP contribution in [0.2, 0.25) is 4.34 Å². The molecule has 4 rings (SSSR count). The Morgan fingerprint density at radius 2 is 1.93 bits per heavy atom. The number of thiophene rings is 1. The van der Waals surface area contributed by atoms with Gasteiger partial charge in [-0.15, -0.1) is 11.3 Å². The maximum absolute atomic E-state index is 12.2. The van der Waals surface area contributed by atoms with Crippen LogP contribution in [0.1, 0.15) is 34.5 Å². The molecular formula is C21H17ClN2O2S. The van der Waals surface area contributed by atoms with E-state index in [4.69, 9.17) is 16.4 Å². The zero-order chi connectivity index (χ0) is 18.6. The highest BCUT2D eigenvalue weighted by atomic mass is 35.5. The Morgan fingerprint density at radius 3 is 2.63 bits per heavy atom. The zero-order valence-corrected chi connectivity index (χ0v) is 16.0. The number of oxime groups is 1. The minimum absolute atomic E-state index is 0.0603. The summed E-state index contributed by atoms with van der Waals surface area (Å²) in [5.41, 5.74) is 3.96. The standard InChI is InChI=1S/C21H17ClN2O2S/c22-21-11-10-20(27-21)19(25)9-8-16-13-18(24-26-16)15-6-4-14(5-7-15)17-3-1-2-12-23-17/h1-7,10-12,16H,8-9,13H2. The third-order valence-electron chi connectivity index (χ3n) is 4.45. The van der Waals surface area contributed by atoms with E-state index in [9.17, 15) is 4.79 Å². The maximum atomic E-state index is 12.2. The highest BCUT2D eigenvalue weighted by molar-refractivity contribution is 7.18. The summed E-state index contributed by atoms with van der Waals surface area (Å²) in [6, 6.07) is 17.5. The summed E-state index contributed by atoms with van der Waals surface area (Å²) in [7, 11) is 0. The van der Waals surface area contributed by atoms with Gasteiger partial charge in [0.2, 0.25) is 0 Å². The number of ketones is 1. The van der Waals surface area contributed by atoms with Gasteiger partial charge in [-0.3, -0.25) is 9.78 Å². The fraction of sp³-hybridized carbons (Fsp3) is 0.190. The van der Waals surface area contributed by atoms with Gasteiger partial charge in [0.1, 0.15) is 6.10 Å². The molecule has 27 heavy (non-hydrogen) atoms. The Labute approximate surface area is 166 Å². The molecule has 0 radical (unpaired) electrons. The van der Waals surface area contributed by atoms with Crippen LogP contribution >= 0.6 is 22.9 Å². The zero-order valence-electron chi connectivity index (χ0n) is 14.5. The SMILES string of the molecule is O=C(CCC1CC(c2ccc(-c3ccccn3)cc2)=NO1)c1ccc(Cl)s1. The Balaban J connectivity index is 1.33. The number of pyridine rings is 1. The Bertz CT molecular complexity index is 967. The lowest BCUT2D eigenvalue weighted by molar-refractivity contribution is 0.0720.